The topological polar surface area (TPSA) is 57.5 Å². The van der Waals surface area contributed by atoms with E-state index in [0.29, 0.717) is 42.7 Å². The van der Waals surface area contributed by atoms with Crippen LogP contribution < -0.4 is 4.90 Å². The lowest BCUT2D eigenvalue weighted by Gasteiger charge is -2.60. The van der Waals surface area contributed by atoms with Crippen molar-refractivity contribution in [2.75, 3.05) is 37.6 Å². The fraction of sp³-hybridized carbons (Fsp3) is 0.625. The molecule has 7 nitrogen and oxygen atoms in total. The molecule has 0 unspecified atom stereocenters. The molecule has 5 aliphatic rings. The number of likely N-dealkylation sites (tertiary alicyclic amines) is 1. The monoisotopic (exact) mass is 488 g/mol. The van der Waals surface area contributed by atoms with Gasteiger partial charge in [0.15, 0.2) is 5.82 Å². The zero-order valence-corrected chi connectivity index (χ0v) is 19.6. The van der Waals surface area contributed by atoms with Gasteiger partial charge < -0.3 is 9.80 Å². The highest BCUT2D eigenvalue weighted by Crippen LogP contribution is 2.46. The maximum Gasteiger partial charge on any atom is 0.263 e. The first kappa shape index (κ1) is 21.1. The first-order valence-corrected chi connectivity index (χ1v) is 12.6. The van der Waals surface area contributed by atoms with E-state index in [0.717, 1.165) is 56.2 Å². The van der Waals surface area contributed by atoms with Crippen LogP contribution in [0.3, 0.4) is 0 Å². The fourth-order valence-electron chi connectivity index (χ4n) is 5.91. The molecular weight excluding hydrogens is 462 g/mol. The third-order valence-corrected chi connectivity index (χ3v) is 8.22. The molecule has 7 rings (SSSR count). The zero-order chi connectivity index (χ0) is 23.2. The van der Waals surface area contributed by atoms with Gasteiger partial charge in [-0.2, -0.15) is 0 Å². The summed E-state index contributed by atoms with van der Waals surface area (Å²) >= 11 is 6.29. The van der Waals surface area contributed by atoms with Crippen molar-refractivity contribution in [2.45, 2.75) is 44.7 Å². The molecule has 1 aromatic heterocycles. The lowest BCUT2D eigenvalue weighted by Crippen LogP contribution is -2.73. The number of halogens is 3. The van der Waals surface area contributed by atoms with Crippen LogP contribution in [-0.2, 0) is 17.9 Å². The van der Waals surface area contributed by atoms with E-state index in [1.54, 1.807) is 4.90 Å². The molecule has 10 heteroatoms. The number of amides is 1. The maximum absolute atomic E-state index is 14.7. The number of alkyl halides is 2. The minimum Gasteiger partial charge on any atom is -0.341 e. The fourth-order valence-corrected chi connectivity index (χ4v) is 6.11. The Hall–Kier alpha value is -2.26. The van der Waals surface area contributed by atoms with E-state index >= 15 is 0 Å². The quantitative estimate of drug-likeness (QED) is 0.646. The molecule has 0 radical (unpaired) electrons. The summed E-state index contributed by atoms with van der Waals surface area (Å²) in [6, 6.07) is 5.63. The predicted molar refractivity (Wildman–Crippen MR) is 122 cm³/mol. The smallest absolute Gasteiger partial charge is 0.263 e. The molecule has 2 saturated heterocycles. The summed E-state index contributed by atoms with van der Waals surface area (Å²) < 4.78 is 31.4. The predicted octanol–water partition coefficient (Wildman–Crippen LogP) is 3.34. The van der Waals surface area contributed by atoms with Crippen molar-refractivity contribution in [1.82, 2.24) is 24.6 Å². The van der Waals surface area contributed by atoms with Gasteiger partial charge in [0, 0.05) is 55.0 Å². The molecule has 2 aliphatic carbocycles. The van der Waals surface area contributed by atoms with Crippen molar-refractivity contribution in [2.24, 2.45) is 17.3 Å². The number of carbonyl (C=O) groups is 1. The lowest BCUT2D eigenvalue weighted by atomic mass is 9.73. The summed E-state index contributed by atoms with van der Waals surface area (Å²) in [4.78, 5) is 18.3. The van der Waals surface area contributed by atoms with Gasteiger partial charge in [-0.1, -0.05) is 11.6 Å². The standard InChI is InChI=1S/C24H27ClF2N6O/c25-18-5-6-19-16(7-18)8-30(14-24(26,27)17-3-4-17)9-20-28-29-22(33(19)20)32-12-23(13-32)10-31(11-23)21(34)15-1-2-15/h5-7,15,17H,1-4,8-14H2. The van der Waals surface area contributed by atoms with Crippen molar-refractivity contribution < 1.29 is 13.6 Å². The van der Waals surface area contributed by atoms with Crippen LogP contribution >= 0.6 is 11.6 Å². The van der Waals surface area contributed by atoms with Gasteiger partial charge >= 0.3 is 0 Å². The molecule has 4 heterocycles. The van der Waals surface area contributed by atoms with Crippen molar-refractivity contribution >= 4 is 23.5 Å². The Balaban J connectivity index is 1.14. The highest BCUT2D eigenvalue weighted by Gasteiger charge is 2.55. The Labute approximate surface area is 201 Å². The summed E-state index contributed by atoms with van der Waals surface area (Å²) in [6.07, 6.45) is 3.27. The molecule has 1 spiro atoms. The molecule has 3 aliphatic heterocycles. The minimum atomic E-state index is -2.70. The van der Waals surface area contributed by atoms with Crippen LogP contribution in [-0.4, -0.2) is 69.1 Å². The lowest BCUT2D eigenvalue weighted by molar-refractivity contribution is -0.146. The van der Waals surface area contributed by atoms with Gasteiger partial charge in [0.25, 0.3) is 5.92 Å². The molecule has 4 fully saturated rings. The second-order valence-electron chi connectivity index (χ2n) is 11.0. The van der Waals surface area contributed by atoms with Gasteiger partial charge in [-0.05, 0) is 49.4 Å². The number of rotatable bonds is 5. The van der Waals surface area contributed by atoms with Crippen LogP contribution in [0.5, 0.6) is 0 Å². The molecule has 2 aromatic rings. The van der Waals surface area contributed by atoms with Gasteiger partial charge in [-0.25, -0.2) is 8.78 Å². The van der Waals surface area contributed by atoms with Gasteiger partial charge in [-0.3, -0.25) is 14.3 Å². The van der Waals surface area contributed by atoms with E-state index in [4.69, 9.17) is 11.6 Å². The highest BCUT2D eigenvalue weighted by atomic mass is 35.5. The van der Waals surface area contributed by atoms with Gasteiger partial charge in [0.05, 0.1) is 18.8 Å². The van der Waals surface area contributed by atoms with Gasteiger partial charge in [0.1, 0.15) is 0 Å². The van der Waals surface area contributed by atoms with E-state index < -0.39 is 11.8 Å². The average Bonchev–Trinajstić information content (AvgIpc) is 3.62. The van der Waals surface area contributed by atoms with Gasteiger partial charge in [-0.15, -0.1) is 10.2 Å². The number of aromatic nitrogens is 3. The number of nitrogens with zero attached hydrogens (tertiary/aromatic N) is 6. The largest absolute Gasteiger partial charge is 0.341 e. The molecule has 0 bridgehead atoms. The Morgan fingerprint density at radius 3 is 2.56 bits per heavy atom. The molecule has 1 aromatic carbocycles. The van der Waals surface area contributed by atoms with Crippen LogP contribution in [0.25, 0.3) is 5.69 Å². The Morgan fingerprint density at radius 1 is 1.09 bits per heavy atom. The first-order valence-electron chi connectivity index (χ1n) is 12.2. The minimum absolute atomic E-state index is 0.142. The number of hydrogen-bond donors (Lipinski definition) is 0. The van der Waals surface area contributed by atoms with Crippen molar-refractivity contribution in [3.8, 4) is 5.69 Å². The van der Waals surface area contributed by atoms with E-state index in [9.17, 15) is 13.6 Å². The summed E-state index contributed by atoms with van der Waals surface area (Å²) in [5.74, 6) is -1.22. The molecule has 180 valence electrons. The third-order valence-electron chi connectivity index (χ3n) is 7.99. The zero-order valence-electron chi connectivity index (χ0n) is 18.9. The second-order valence-corrected chi connectivity index (χ2v) is 11.5. The first-order chi connectivity index (χ1) is 16.3. The van der Waals surface area contributed by atoms with Crippen LogP contribution in [0.4, 0.5) is 14.7 Å². The van der Waals surface area contributed by atoms with Gasteiger partial charge in [0.2, 0.25) is 11.9 Å². The Morgan fingerprint density at radius 2 is 1.85 bits per heavy atom. The van der Waals surface area contributed by atoms with E-state index in [-0.39, 0.29) is 17.9 Å². The molecule has 0 N–H and O–H groups in total. The van der Waals surface area contributed by atoms with E-state index in [1.165, 1.54) is 0 Å². The average molecular weight is 489 g/mol. The summed E-state index contributed by atoms with van der Waals surface area (Å²) in [5.41, 5.74) is 1.94. The molecule has 34 heavy (non-hydrogen) atoms. The van der Waals surface area contributed by atoms with Crippen LogP contribution in [0, 0.1) is 17.3 Å². The number of hydrogen-bond acceptors (Lipinski definition) is 5. The molecule has 1 amide bonds. The number of fused-ring (bicyclic) bond motifs is 3. The number of anilines is 1. The van der Waals surface area contributed by atoms with E-state index in [1.807, 2.05) is 27.7 Å². The molecule has 0 atom stereocenters. The van der Waals surface area contributed by atoms with Crippen molar-refractivity contribution in [3.05, 3.63) is 34.6 Å². The normalized spacial score (nSPS) is 23.7. The Kier molecular flexibility index (Phi) is 4.42. The van der Waals surface area contributed by atoms with Crippen LogP contribution in [0.1, 0.15) is 37.1 Å². The SMILES string of the molecule is O=C(C1CC1)N1CC2(C1)CN(c1nnc3n1-c1ccc(Cl)cc1CN(CC(F)(F)C1CC1)C3)C2. The van der Waals surface area contributed by atoms with Crippen LogP contribution in [0.15, 0.2) is 18.2 Å². The summed E-state index contributed by atoms with van der Waals surface area (Å²) in [5, 5.41) is 9.51. The number of carbonyl (C=O) groups excluding carboxylic acids is 1. The second kappa shape index (κ2) is 7.13. The van der Waals surface area contributed by atoms with Crippen molar-refractivity contribution in [3.63, 3.8) is 0 Å². The third kappa shape index (κ3) is 3.42. The molecular formula is C24H27ClF2N6O. The highest BCUT2D eigenvalue weighted by molar-refractivity contribution is 6.30. The maximum atomic E-state index is 14.7. The van der Waals surface area contributed by atoms with Crippen LogP contribution in [0.2, 0.25) is 5.02 Å². The summed E-state index contributed by atoms with van der Waals surface area (Å²) in [6.45, 7) is 3.70. The summed E-state index contributed by atoms with van der Waals surface area (Å²) in [7, 11) is 0. The molecule has 2 saturated carbocycles. The number of benzene rings is 1. The van der Waals surface area contributed by atoms with Crippen molar-refractivity contribution in [1.29, 1.82) is 0 Å². The Bertz CT molecular complexity index is 1160. The van der Waals surface area contributed by atoms with E-state index in [2.05, 4.69) is 15.1 Å².